The van der Waals surface area contributed by atoms with E-state index in [1.165, 1.54) is 5.56 Å². The SMILES string of the molecule is CC=C(Cl)CNc1ccc2c(c1)CCN2C(C)=O. The second-order valence-corrected chi connectivity index (χ2v) is 4.84. The minimum absolute atomic E-state index is 0.103. The maximum absolute atomic E-state index is 11.4. The van der Waals surface area contributed by atoms with Crippen molar-refractivity contribution in [3.8, 4) is 0 Å². The maximum atomic E-state index is 11.4. The van der Waals surface area contributed by atoms with Gasteiger partial charge >= 0.3 is 0 Å². The van der Waals surface area contributed by atoms with Crippen LogP contribution in [0, 0.1) is 0 Å². The molecule has 1 aromatic carbocycles. The van der Waals surface area contributed by atoms with Gasteiger partial charge in [-0.2, -0.15) is 0 Å². The normalized spacial score (nSPS) is 14.6. The van der Waals surface area contributed by atoms with Gasteiger partial charge < -0.3 is 10.2 Å². The number of anilines is 2. The van der Waals surface area contributed by atoms with Gasteiger partial charge in [0, 0.05) is 29.9 Å². The highest BCUT2D eigenvalue weighted by Crippen LogP contribution is 2.30. The lowest BCUT2D eigenvalue weighted by atomic mass is 10.1. The predicted molar refractivity (Wildman–Crippen MR) is 76.3 cm³/mol. The van der Waals surface area contributed by atoms with Crippen molar-refractivity contribution < 1.29 is 4.79 Å². The standard InChI is InChI=1S/C14H17ClN2O/c1-3-12(15)9-16-13-4-5-14-11(8-13)6-7-17(14)10(2)18/h3-5,8,16H,6-7,9H2,1-2H3. The fourth-order valence-corrected chi connectivity index (χ4v) is 2.19. The molecule has 1 N–H and O–H groups in total. The van der Waals surface area contributed by atoms with Crippen LogP contribution in [-0.2, 0) is 11.2 Å². The number of amides is 1. The summed E-state index contributed by atoms with van der Waals surface area (Å²) in [5.41, 5.74) is 3.29. The van der Waals surface area contributed by atoms with Gasteiger partial charge in [0.1, 0.15) is 0 Å². The maximum Gasteiger partial charge on any atom is 0.223 e. The number of hydrogen-bond donors (Lipinski definition) is 1. The van der Waals surface area contributed by atoms with Crippen LogP contribution in [0.4, 0.5) is 11.4 Å². The average Bonchev–Trinajstić information content (AvgIpc) is 2.78. The predicted octanol–water partition coefficient (Wildman–Crippen LogP) is 3.15. The minimum atomic E-state index is 0.103. The highest BCUT2D eigenvalue weighted by molar-refractivity contribution is 6.30. The first-order chi connectivity index (χ1) is 8.61. The molecule has 0 unspecified atom stereocenters. The Bertz CT molecular complexity index is 497. The molecule has 1 aromatic rings. The highest BCUT2D eigenvalue weighted by Gasteiger charge is 2.21. The molecule has 2 rings (SSSR count). The van der Waals surface area contributed by atoms with Crippen LogP contribution in [-0.4, -0.2) is 19.0 Å². The molecule has 0 radical (unpaired) electrons. The summed E-state index contributed by atoms with van der Waals surface area (Å²) in [6.45, 7) is 4.93. The Hall–Kier alpha value is -1.48. The third-order valence-electron chi connectivity index (χ3n) is 3.13. The van der Waals surface area contributed by atoms with Crippen molar-refractivity contribution in [3.63, 3.8) is 0 Å². The van der Waals surface area contributed by atoms with Gasteiger partial charge in [-0.3, -0.25) is 4.79 Å². The molecule has 0 saturated carbocycles. The molecular formula is C14H17ClN2O. The van der Waals surface area contributed by atoms with Gasteiger partial charge in [0.05, 0.1) is 6.54 Å². The largest absolute Gasteiger partial charge is 0.380 e. The lowest BCUT2D eigenvalue weighted by Crippen LogP contribution is -2.25. The summed E-state index contributed by atoms with van der Waals surface area (Å²) in [7, 11) is 0. The average molecular weight is 265 g/mol. The summed E-state index contributed by atoms with van der Waals surface area (Å²) in [4.78, 5) is 13.3. The smallest absolute Gasteiger partial charge is 0.223 e. The minimum Gasteiger partial charge on any atom is -0.380 e. The summed E-state index contributed by atoms with van der Waals surface area (Å²) in [6.07, 6.45) is 2.79. The molecular weight excluding hydrogens is 248 g/mol. The fourth-order valence-electron chi connectivity index (χ4n) is 2.13. The van der Waals surface area contributed by atoms with Gasteiger partial charge in [-0.1, -0.05) is 17.7 Å². The molecule has 0 saturated heterocycles. The molecule has 18 heavy (non-hydrogen) atoms. The Kier molecular flexibility index (Phi) is 3.92. The Labute approximate surface area is 112 Å². The van der Waals surface area contributed by atoms with Crippen LogP contribution >= 0.6 is 11.6 Å². The molecule has 96 valence electrons. The van der Waals surface area contributed by atoms with Crippen molar-refractivity contribution in [1.82, 2.24) is 0 Å². The third kappa shape index (κ3) is 2.67. The van der Waals surface area contributed by atoms with E-state index < -0.39 is 0 Å². The monoisotopic (exact) mass is 264 g/mol. The van der Waals surface area contributed by atoms with Gasteiger partial charge in [0.2, 0.25) is 5.91 Å². The lowest BCUT2D eigenvalue weighted by Gasteiger charge is -2.15. The Morgan fingerprint density at radius 1 is 1.56 bits per heavy atom. The summed E-state index contributed by atoms with van der Waals surface area (Å²) in [6, 6.07) is 6.08. The summed E-state index contributed by atoms with van der Waals surface area (Å²) >= 11 is 5.94. The number of hydrogen-bond acceptors (Lipinski definition) is 2. The molecule has 4 heteroatoms. The van der Waals surface area contributed by atoms with E-state index in [1.807, 2.05) is 30.0 Å². The van der Waals surface area contributed by atoms with Crippen molar-refractivity contribution >= 4 is 28.9 Å². The van der Waals surface area contributed by atoms with Crippen LogP contribution in [0.3, 0.4) is 0 Å². The molecule has 1 aliphatic heterocycles. The number of nitrogens with one attached hydrogen (secondary N) is 1. The number of nitrogens with zero attached hydrogens (tertiary/aromatic N) is 1. The Morgan fingerprint density at radius 3 is 3.00 bits per heavy atom. The Morgan fingerprint density at radius 2 is 2.33 bits per heavy atom. The zero-order valence-corrected chi connectivity index (χ0v) is 11.4. The number of carbonyl (C=O) groups is 1. The first kappa shape index (κ1) is 13.0. The van der Waals surface area contributed by atoms with E-state index in [4.69, 9.17) is 11.6 Å². The van der Waals surface area contributed by atoms with Gasteiger partial charge in [-0.25, -0.2) is 0 Å². The highest BCUT2D eigenvalue weighted by atomic mass is 35.5. The number of allylic oxidation sites excluding steroid dienone is 1. The van der Waals surface area contributed by atoms with E-state index in [2.05, 4.69) is 11.4 Å². The summed E-state index contributed by atoms with van der Waals surface area (Å²) in [5, 5.41) is 4.06. The van der Waals surface area contributed by atoms with Gasteiger partial charge in [0.15, 0.2) is 0 Å². The van der Waals surface area contributed by atoms with Crippen LogP contribution in [0.25, 0.3) is 0 Å². The lowest BCUT2D eigenvalue weighted by molar-refractivity contribution is -0.116. The van der Waals surface area contributed by atoms with Crippen LogP contribution in [0.15, 0.2) is 29.3 Å². The van der Waals surface area contributed by atoms with E-state index in [-0.39, 0.29) is 5.91 Å². The molecule has 0 atom stereocenters. The molecule has 0 fully saturated rings. The Balaban J connectivity index is 2.12. The third-order valence-corrected chi connectivity index (χ3v) is 3.48. The fraction of sp³-hybridized carbons (Fsp3) is 0.357. The number of carbonyl (C=O) groups excluding carboxylic acids is 1. The first-order valence-corrected chi connectivity index (χ1v) is 6.45. The van der Waals surface area contributed by atoms with E-state index >= 15 is 0 Å². The number of rotatable bonds is 3. The van der Waals surface area contributed by atoms with E-state index in [0.29, 0.717) is 6.54 Å². The molecule has 1 aliphatic rings. The molecule has 1 heterocycles. The molecule has 0 aromatic heterocycles. The van der Waals surface area contributed by atoms with E-state index in [1.54, 1.807) is 6.92 Å². The number of fused-ring (bicyclic) bond motifs is 1. The topological polar surface area (TPSA) is 32.3 Å². The quantitative estimate of drug-likeness (QED) is 0.910. The van der Waals surface area contributed by atoms with E-state index in [0.717, 1.165) is 29.4 Å². The van der Waals surface area contributed by atoms with Gasteiger partial charge in [0.25, 0.3) is 0 Å². The van der Waals surface area contributed by atoms with Crippen molar-refractivity contribution in [3.05, 3.63) is 34.9 Å². The molecule has 0 spiro atoms. The van der Waals surface area contributed by atoms with Crippen molar-refractivity contribution in [2.45, 2.75) is 20.3 Å². The van der Waals surface area contributed by atoms with Crippen LogP contribution in [0.2, 0.25) is 0 Å². The second-order valence-electron chi connectivity index (χ2n) is 4.35. The molecule has 1 amide bonds. The van der Waals surface area contributed by atoms with Crippen molar-refractivity contribution in [2.24, 2.45) is 0 Å². The van der Waals surface area contributed by atoms with Crippen molar-refractivity contribution in [1.29, 1.82) is 0 Å². The second kappa shape index (κ2) is 5.44. The number of halogens is 1. The van der Waals surface area contributed by atoms with E-state index in [9.17, 15) is 4.79 Å². The zero-order valence-electron chi connectivity index (χ0n) is 10.7. The summed E-state index contributed by atoms with van der Waals surface area (Å²) < 4.78 is 0. The zero-order chi connectivity index (χ0) is 13.1. The molecule has 3 nitrogen and oxygen atoms in total. The molecule has 0 aliphatic carbocycles. The molecule has 0 bridgehead atoms. The van der Waals surface area contributed by atoms with Crippen LogP contribution in [0.5, 0.6) is 0 Å². The van der Waals surface area contributed by atoms with Gasteiger partial charge in [-0.15, -0.1) is 0 Å². The first-order valence-electron chi connectivity index (χ1n) is 6.07. The van der Waals surface area contributed by atoms with Crippen molar-refractivity contribution in [2.75, 3.05) is 23.3 Å². The van der Waals surface area contributed by atoms with Crippen LogP contribution < -0.4 is 10.2 Å². The van der Waals surface area contributed by atoms with Gasteiger partial charge in [-0.05, 0) is 37.1 Å². The van der Waals surface area contributed by atoms with Crippen LogP contribution in [0.1, 0.15) is 19.4 Å². The summed E-state index contributed by atoms with van der Waals surface area (Å²) in [5.74, 6) is 0.103. The number of benzene rings is 1.